The molecule has 4 nitrogen and oxygen atoms in total. The summed E-state index contributed by atoms with van der Waals surface area (Å²) < 4.78 is 113. The molecule has 0 N–H and O–H groups in total. The van der Waals surface area contributed by atoms with Crippen LogP contribution in [0.25, 0.3) is 115 Å². The maximum Gasteiger partial charge on any atom is 0.166 e. The summed E-state index contributed by atoms with van der Waals surface area (Å²) in [4.78, 5) is 15.3. The van der Waals surface area contributed by atoms with Crippen molar-refractivity contribution in [2.75, 3.05) is 0 Å². The molecule has 0 amide bonds. The van der Waals surface area contributed by atoms with Crippen molar-refractivity contribution < 1.29 is 16.4 Å². The second kappa shape index (κ2) is 14.9. The number of hydrogen-bond donors (Lipinski definition) is 0. The summed E-state index contributed by atoms with van der Waals surface area (Å²) in [6, 6.07) is 39.4. The molecule has 12 aromatic rings. The highest BCUT2D eigenvalue weighted by Crippen LogP contribution is 2.41. The molecule has 0 aliphatic heterocycles. The fourth-order valence-electron chi connectivity index (χ4n) is 8.06. The lowest BCUT2D eigenvalue weighted by Gasteiger charge is -2.17. The quantitative estimate of drug-likeness (QED) is 0.161. The van der Waals surface area contributed by atoms with Crippen LogP contribution in [-0.4, -0.2) is 19.5 Å². The molecule has 0 saturated carbocycles. The van der Waals surface area contributed by atoms with E-state index in [4.69, 9.17) is 24.5 Å². The number of aromatic nitrogens is 4. The molecule has 0 aliphatic carbocycles. The maximum atomic E-state index is 9.86. The molecule has 9 aromatic carbocycles. The summed E-state index contributed by atoms with van der Waals surface area (Å²) >= 11 is 1.67. The lowest BCUT2D eigenvalue weighted by molar-refractivity contribution is 1.06. The van der Waals surface area contributed by atoms with Crippen LogP contribution in [0.1, 0.15) is 16.4 Å². The number of fused-ring (bicyclic) bond motifs is 6. The molecule has 3 heterocycles. The molecule has 12 rings (SSSR count). The second-order valence-electron chi connectivity index (χ2n) is 14.7. The van der Waals surface area contributed by atoms with Crippen LogP contribution in [0.3, 0.4) is 0 Å². The largest absolute Gasteiger partial charge is 0.308 e. The van der Waals surface area contributed by atoms with Crippen LogP contribution in [0, 0.1) is 0 Å². The van der Waals surface area contributed by atoms with Gasteiger partial charge < -0.3 is 4.57 Å². The third-order valence-corrected chi connectivity index (χ3v) is 12.1. The van der Waals surface area contributed by atoms with Crippen molar-refractivity contribution in [3.05, 3.63) is 218 Å². The zero-order valence-corrected chi connectivity index (χ0v) is 33.4. The van der Waals surface area contributed by atoms with E-state index in [9.17, 15) is 6.85 Å². The lowest BCUT2D eigenvalue weighted by Crippen LogP contribution is -2.04. The lowest BCUT2D eigenvalue weighted by atomic mass is 9.99. The van der Waals surface area contributed by atoms with E-state index < -0.39 is 83.6 Å². The predicted octanol–water partition coefficient (Wildman–Crippen LogP) is 15.3. The Morgan fingerprint density at radius 1 is 0.371 bits per heavy atom. The van der Waals surface area contributed by atoms with Gasteiger partial charge in [-0.3, -0.25) is 0 Å². The zero-order valence-electron chi connectivity index (χ0n) is 44.6. The van der Waals surface area contributed by atoms with Gasteiger partial charge in [0, 0.05) is 47.6 Å². The molecule has 3 aromatic heterocycles. The minimum atomic E-state index is -0.704. The molecule has 0 bridgehead atoms. The third kappa shape index (κ3) is 6.26. The summed E-state index contributed by atoms with van der Waals surface area (Å²) in [5.41, 5.74) is 4.11. The monoisotopic (exact) mass is 820 g/mol. The van der Waals surface area contributed by atoms with Gasteiger partial charge in [-0.25, -0.2) is 15.0 Å². The van der Waals surface area contributed by atoms with Gasteiger partial charge in [0.15, 0.2) is 17.5 Å². The second-order valence-corrected chi connectivity index (χ2v) is 15.8. The Kier molecular flexibility index (Phi) is 6.16. The molecule has 0 unspecified atom stereocenters. The molecule has 0 aliphatic rings. The average molecular weight is 821 g/mol. The summed E-state index contributed by atoms with van der Waals surface area (Å²) in [5, 5.41) is 1.75. The Labute approximate surface area is 379 Å². The molecule has 62 heavy (non-hydrogen) atoms. The van der Waals surface area contributed by atoms with Crippen LogP contribution in [-0.2, 0) is 0 Å². The highest BCUT2D eigenvalue weighted by molar-refractivity contribution is 7.25. The zero-order chi connectivity index (χ0) is 51.4. The number of benzene rings is 9. The van der Waals surface area contributed by atoms with E-state index in [0.717, 1.165) is 36.9 Å². The van der Waals surface area contributed by atoms with Gasteiger partial charge in [0.2, 0.25) is 0 Å². The van der Waals surface area contributed by atoms with E-state index in [2.05, 4.69) is 24.3 Å². The molecule has 5 heteroatoms. The smallest absolute Gasteiger partial charge is 0.166 e. The maximum absolute atomic E-state index is 9.86. The summed E-state index contributed by atoms with van der Waals surface area (Å²) in [6.07, 6.45) is 0. The van der Waals surface area contributed by atoms with Crippen LogP contribution in [0.2, 0.25) is 0 Å². The minimum absolute atomic E-state index is 0.128. The first-order valence-electron chi connectivity index (χ1n) is 25.9. The molecular formula is C57H36N4S. The highest BCUT2D eigenvalue weighted by Gasteiger charge is 2.21. The first kappa shape index (κ1) is 25.6. The minimum Gasteiger partial charge on any atom is -0.308 e. The average Bonchev–Trinajstić information content (AvgIpc) is 4.02. The van der Waals surface area contributed by atoms with Crippen LogP contribution >= 0.6 is 11.3 Å². The van der Waals surface area contributed by atoms with Gasteiger partial charge in [-0.15, -0.1) is 11.3 Å². The van der Waals surface area contributed by atoms with Crippen LogP contribution in [0.15, 0.2) is 218 Å². The SMILES string of the molecule is [2H]c1c([2H])c([2H])c(-c2c([2H])c([2H])c3c(c2[2H])c2c([2H])c([2H])c([2H])c([2H])c2n3-c2cc(-c3ccc4sc5ccccc5c4c3)ccc2-c2nc(-c3ccccc3)nc(-c3cccc(-c4ccccc4)c3)n2)c([2H])c1[2H]. The Morgan fingerprint density at radius 2 is 1.00 bits per heavy atom. The van der Waals surface area contributed by atoms with Crippen LogP contribution < -0.4 is 0 Å². The standard InChI is InChI=1S/C57H36N4S/c1-4-15-37(16-5-1)40-21-14-22-44(33-40)56-58-55(39-19-8-3-9-20-39)59-57(60-56)47-30-27-43(42-29-32-54-49(35-42)46-24-11-13-26-53(46)62-54)36-52(47)61-50-25-12-10-23-45(50)48-34-41(28-31-51(48)61)38-17-6-2-7-18-38/h1-36H/i2D,6D,7D,10D,12D,17D,18D,23D,25D,28D,31D,34D. The Bertz CT molecular complexity index is 4320. The van der Waals surface area contributed by atoms with E-state index in [0.29, 0.717) is 33.9 Å². The van der Waals surface area contributed by atoms with Crippen molar-refractivity contribution in [1.29, 1.82) is 0 Å². The summed E-state index contributed by atoms with van der Waals surface area (Å²) in [7, 11) is 0. The first-order valence-corrected chi connectivity index (χ1v) is 20.7. The Hall–Kier alpha value is -7.99. The van der Waals surface area contributed by atoms with Crippen molar-refractivity contribution in [3.8, 4) is 73.2 Å². The van der Waals surface area contributed by atoms with Crippen molar-refractivity contribution in [1.82, 2.24) is 19.5 Å². The molecule has 290 valence electrons. The van der Waals surface area contributed by atoms with Crippen molar-refractivity contribution in [3.63, 3.8) is 0 Å². The highest BCUT2D eigenvalue weighted by atomic mass is 32.1. The molecular weight excluding hydrogens is 773 g/mol. The van der Waals surface area contributed by atoms with Gasteiger partial charge >= 0.3 is 0 Å². The van der Waals surface area contributed by atoms with Gasteiger partial charge in [-0.05, 0) is 87.9 Å². The normalized spacial score (nSPS) is 14.3. The van der Waals surface area contributed by atoms with E-state index >= 15 is 0 Å². The fraction of sp³-hybridized carbons (Fsp3) is 0. The number of thiophene rings is 1. The van der Waals surface area contributed by atoms with Crippen molar-refractivity contribution >= 4 is 53.3 Å². The first-order chi connectivity index (χ1) is 35.7. The van der Waals surface area contributed by atoms with Gasteiger partial charge in [0.1, 0.15) is 0 Å². The van der Waals surface area contributed by atoms with E-state index in [1.54, 1.807) is 11.3 Å². The van der Waals surface area contributed by atoms with E-state index in [-0.39, 0.29) is 33.3 Å². The molecule has 0 spiro atoms. The molecule has 0 radical (unpaired) electrons. The van der Waals surface area contributed by atoms with E-state index in [1.807, 2.05) is 121 Å². The number of hydrogen-bond acceptors (Lipinski definition) is 4. The number of nitrogens with zero attached hydrogens (tertiary/aromatic N) is 4. The Morgan fingerprint density at radius 3 is 1.85 bits per heavy atom. The summed E-state index contributed by atoms with van der Waals surface area (Å²) in [5.74, 6) is 0.818. The molecule has 0 fully saturated rings. The van der Waals surface area contributed by atoms with Gasteiger partial charge in [-0.2, -0.15) is 0 Å². The fourth-order valence-corrected chi connectivity index (χ4v) is 9.14. The predicted molar refractivity (Wildman–Crippen MR) is 260 cm³/mol. The number of rotatable bonds is 7. The van der Waals surface area contributed by atoms with Crippen LogP contribution in [0.5, 0.6) is 0 Å². The van der Waals surface area contributed by atoms with Crippen LogP contribution in [0.4, 0.5) is 0 Å². The molecule has 0 atom stereocenters. The topological polar surface area (TPSA) is 43.6 Å². The molecule has 0 saturated heterocycles. The summed E-state index contributed by atoms with van der Waals surface area (Å²) in [6.45, 7) is 0. The number of para-hydroxylation sites is 1. The van der Waals surface area contributed by atoms with Gasteiger partial charge in [0.25, 0.3) is 0 Å². The van der Waals surface area contributed by atoms with E-state index in [1.165, 1.54) is 4.57 Å². The van der Waals surface area contributed by atoms with Crippen molar-refractivity contribution in [2.45, 2.75) is 0 Å². The van der Waals surface area contributed by atoms with Crippen molar-refractivity contribution in [2.24, 2.45) is 0 Å². The van der Waals surface area contributed by atoms with Gasteiger partial charge in [0.05, 0.1) is 33.2 Å². The third-order valence-electron chi connectivity index (χ3n) is 11.0. The Balaban J connectivity index is 1.22. The van der Waals surface area contributed by atoms with Gasteiger partial charge in [-0.1, -0.05) is 164 Å².